The normalized spacial score (nSPS) is 17.9. The van der Waals surface area contributed by atoms with Crippen LogP contribution in [0, 0.1) is 6.92 Å². The fourth-order valence-corrected chi connectivity index (χ4v) is 4.13. The minimum Gasteiger partial charge on any atom is -0.507 e. The molecule has 0 unspecified atom stereocenters. The molecule has 1 heterocycles. The van der Waals surface area contributed by atoms with Crippen molar-refractivity contribution >= 4 is 33.4 Å². The van der Waals surface area contributed by atoms with E-state index in [9.17, 15) is 14.7 Å². The SMILES string of the molecule is Cc1ccc(/C(O)=C2\C(=O)C(=O)N(CCc3ccccc3)[C@H]2c2ccc(Br)cc2)cc1. The molecule has 0 saturated carbocycles. The van der Waals surface area contributed by atoms with Crippen LogP contribution < -0.4 is 0 Å². The molecule has 0 spiro atoms. The maximum atomic E-state index is 13.0. The van der Waals surface area contributed by atoms with Crippen molar-refractivity contribution in [1.82, 2.24) is 4.90 Å². The highest BCUT2D eigenvalue weighted by atomic mass is 79.9. The molecule has 0 bridgehead atoms. The van der Waals surface area contributed by atoms with E-state index in [-0.39, 0.29) is 11.3 Å². The van der Waals surface area contributed by atoms with E-state index >= 15 is 0 Å². The summed E-state index contributed by atoms with van der Waals surface area (Å²) >= 11 is 3.43. The van der Waals surface area contributed by atoms with Crippen molar-refractivity contribution in [3.63, 3.8) is 0 Å². The van der Waals surface area contributed by atoms with E-state index in [1.165, 1.54) is 0 Å². The molecule has 31 heavy (non-hydrogen) atoms. The zero-order valence-corrected chi connectivity index (χ0v) is 18.7. The molecular weight excluding hydrogens is 454 g/mol. The Kier molecular flexibility index (Phi) is 6.05. The third kappa shape index (κ3) is 4.32. The average molecular weight is 476 g/mol. The number of carbonyl (C=O) groups excluding carboxylic acids is 2. The number of aryl methyl sites for hydroxylation is 1. The second-order valence-electron chi connectivity index (χ2n) is 7.65. The van der Waals surface area contributed by atoms with Gasteiger partial charge in [-0.3, -0.25) is 9.59 Å². The summed E-state index contributed by atoms with van der Waals surface area (Å²) in [5, 5.41) is 11.1. The Hall–Kier alpha value is -3.18. The predicted molar refractivity (Wildman–Crippen MR) is 124 cm³/mol. The monoisotopic (exact) mass is 475 g/mol. The van der Waals surface area contributed by atoms with Crippen molar-refractivity contribution < 1.29 is 14.7 Å². The Morgan fingerprint density at radius 1 is 0.935 bits per heavy atom. The zero-order chi connectivity index (χ0) is 22.0. The first kappa shape index (κ1) is 21.1. The number of amides is 1. The lowest BCUT2D eigenvalue weighted by molar-refractivity contribution is -0.139. The number of hydrogen-bond donors (Lipinski definition) is 1. The van der Waals surface area contributed by atoms with Gasteiger partial charge >= 0.3 is 0 Å². The van der Waals surface area contributed by atoms with Gasteiger partial charge in [-0.05, 0) is 36.6 Å². The third-order valence-electron chi connectivity index (χ3n) is 5.53. The summed E-state index contributed by atoms with van der Waals surface area (Å²) in [4.78, 5) is 27.6. The number of nitrogens with zero attached hydrogens (tertiary/aromatic N) is 1. The molecule has 1 amide bonds. The summed E-state index contributed by atoms with van der Waals surface area (Å²) in [6.45, 7) is 2.33. The van der Waals surface area contributed by atoms with Crippen molar-refractivity contribution in [2.45, 2.75) is 19.4 Å². The Bertz CT molecular complexity index is 1140. The Labute approximate surface area is 190 Å². The molecule has 1 saturated heterocycles. The van der Waals surface area contributed by atoms with Gasteiger partial charge in [0.25, 0.3) is 11.7 Å². The van der Waals surface area contributed by atoms with Crippen LogP contribution in [-0.4, -0.2) is 28.2 Å². The number of rotatable bonds is 5. The molecule has 1 aliphatic rings. The van der Waals surface area contributed by atoms with Crippen LogP contribution in [0.1, 0.15) is 28.3 Å². The Balaban J connectivity index is 1.78. The predicted octanol–water partition coefficient (Wildman–Crippen LogP) is 5.42. The van der Waals surface area contributed by atoms with Gasteiger partial charge in [-0.15, -0.1) is 0 Å². The molecule has 1 N–H and O–H groups in total. The lowest BCUT2D eigenvalue weighted by atomic mass is 9.95. The summed E-state index contributed by atoms with van der Waals surface area (Å²) in [5.74, 6) is -1.38. The van der Waals surface area contributed by atoms with Gasteiger partial charge in [0.1, 0.15) is 5.76 Å². The van der Waals surface area contributed by atoms with Crippen molar-refractivity contribution in [2.24, 2.45) is 0 Å². The molecule has 1 fully saturated rings. The fraction of sp³-hybridized carbons (Fsp3) is 0.154. The summed E-state index contributed by atoms with van der Waals surface area (Å²) in [6, 6.07) is 24.0. The Morgan fingerprint density at radius 2 is 1.58 bits per heavy atom. The lowest BCUT2D eigenvalue weighted by Crippen LogP contribution is -2.31. The summed E-state index contributed by atoms with van der Waals surface area (Å²) < 4.78 is 0.899. The number of halogens is 1. The van der Waals surface area contributed by atoms with Crippen molar-refractivity contribution in [1.29, 1.82) is 0 Å². The van der Waals surface area contributed by atoms with Gasteiger partial charge in [-0.2, -0.15) is 0 Å². The largest absolute Gasteiger partial charge is 0.507 e. The van der Waals surface area contributed by atoms with Crippen LogP contribution in [0.25, 0.3) is 5.76 Å². The first-order chi connectivity index (χ1) is 15.0. The molecule has 4 rings (SSSR count). The summed E-state index contributed by atoms with van der Waals surface area (Å²) in [7, 11) is 0. The molecule has 5 heteroatoms. The number of hydrogen-bond acceptors (Lipinski definition) is 3. The van der Waals surface area contributed by atoms with E-state index in [2.05, 4.69) is 15.9 Å². The lowest BCUT2D eigenvalue weighted by Gasteiger charge is -2.25. The second kappa shape index (κ2) is 8.90. The van der Waals surface area contributed by atoms with Crippen molar-refractivity contribution in [3.05, 3.63) is 111 Å². The number of aliphatic hydroxyl groups is 1. The van der Waals surface area contributed by atoms with Crippen LogP contribution in [0.5, 0.6) is 0 Å². The quantitative estimate of drug-likeness (QED) is 0.304. The molecule has 3 aromatic rings. The first-order valence-corrected chi connectivity index (χ1v) is 10.9. The number of aliphatic hydroxyl groups excluding tert-OH is 1. The molecule has 0 aromatic heterocycles. The smallest absolute Gasteiger partial charge is 0.295 e. The highest BCUT2D eigenvalue weighted by molar-refractivity contribution is 9.10. The highest BCUT2D eigenvalue weighted by Crippen LogP contribution is 2.39. The Morgan fingerprint density at radius 3 is 2.23 bits per heavy atom. The molecule has 0 aliphatic carbocycles. The van der Waals surface area contributed by atoms with Gasteiger partial charge in [0.05, 0.1) is 11.6 Å². The van der Waals surface area contributed by atoms with E-state index in [1.54, 1.807) is 17.0 Å². The topological polar surface area (TPSA) is 57.6 Å². The minimum absolute atomic E-state index is 0.129. The summed E-state index contributed by atoms with van der Waals surface area (Å²) in [6.07, 6.45) is 0.617. The number of ketones is 1. The van der Waals surface area contributed by atoms with Crippen LogP contribution in [0.2, 0.25) is 0 Å². The van der Waals surface area contributed by atoms with Crippen LogP contribution >= 0.6 is 15.9 Å². The van der Waals surface area contributed by atoms with Crippen LogP contribution in [0.15, 0.2) is 88.9 Å². The second-order valence-corrected chi connectivity index (χ2v) is 8.56. The standard InChI is InChI=1S/C26H22BrNO3/c1-17-7-9-20(10-8-17)24(29)22-23(19-11-13-21(27)14-12-19)28(26(31)25(22)30)16-15-18-5-3-2-4-6-18/h2-14,23,29H,15-16H2,1H3/b24-22+/t23-/m0/s1. The van der Waals surface area contributed by atoms with Gasteiger partial charge in [0.15, 0.2) is 0 Å². The van der Waals surface area contributed by atoms with Gasteiger partial charge in [0, 0.05) is 16.6 Å². The van der Waals surface area contributed by atoms with E-state index < -0.39 is 17.7 Å². The zero-order valence-electron chi connectivity index (χ0n) is 17.1. The number of carbonyl (C=O) groups is 2. The molecule has 156 valence electrons. The van der Waals surface area contributed by atoms with Crippen molar-refractivity contribution in [3.8, 4) is 0 Å². The summed E-state index contributed by atoms with van der Waals surface area (Å²) in [5.41, 5.74) is 3.56. The van der Waals surface area contributed by atoms with E-state index in [4.69, 9.17) is 0 Å². The minimum atomic E-state index is -0.654. The van der Waals surface area contributed by atoms with E-state index in [1.807, 2.05) is 73.7 Å². The van der Waals surface area contributed by atoms with E-state index in [0.717, 1.165) is 21.2 Å². The van der Waals surface area contributed by atoms with Gasteiger partial charge in [0.2, 0.25) is 0 Å². The third-order valence-corrected chi connectivity index (χ3v) is 6.06. The van der Waals surface area contributed by atoms with Crippen LogP contribution in [0.3, 0.4) is 0 Å². The molecule has 1 aliphatic heterocycles. The molecule has 0 radical (unpaired) electrons. The van der Waals surface area contributed by atoms with Gasteiger partial charge < -0.3 is 10.0 Å². The number of benzene rings is 3. The first-order valence-electron chi connectivity index (χ1n) is 10.1. The molecule has 3 aromatic carbocycles. The number of likely N-dealkylation sites (tertiary alicyclic amines) is 1. The van der Waals surface area contributed by atoms with Crippen LogP contribution in [0.4, 0.5) is 0 Å². The highest BCUT2D eigenvalue weighted by Gasteiger charge is 2.45. The van der Waals surface area contributed by atoms with E-state index in [0.29, 0.717) is 18.5 Å². The fourth-order valence-electron chi connectivity index (χ4n) is 3.86. The molecular formula is C26H22BrNO3. The number of Topliss-reactive ketones (excluding diaryl/α,β-unsaturated/α-hetero) is 1. The maximum Gasteiger partial charge on any atom is 0.295 e. The molecule has 4 nitrogen and oxygen atoms in total. The van der Waals surface area contributed by atoms with Gasteiger partial charge in [-0.1, -0.05) is 88.2 Å². The van der Waals surface area contributed by atoms with Gasteiger partial charge in [-0.25, -0.2) is 0 Å². The maximum absolute atomic E-state index is 13.0. The van der Waals surface area contributed by atoms with Crippen molar-refractivity contribution in [2.75, 3.05) is 6.54 Å². The molecule has 1 atom stereocenters. The van der Waals surface area contributed by atoms with Crippen LogP contribution in [-0.2, 0) is 16.0 Å². The average Bonchev–Trinajstić information content (AvgIpc) is 3.04.